The molecule has 40 heavy (non-hydrogen) atoms. The van der Waals surface area contributed by atoms with Gasteiger partial charge in [-0.3, -0.25) is 0 Å². The second-order valence-electron chi connectivity index (χ2n) is 9.94. The fourth-order valence-corrected chi connectivity index (χ4v) is 6.09. The normalized spacial score (nSPS) is 11.5. The Morgan fingerprint density at radius 3 is 1.40 bits per heavy atom. The van der Waals surface area contributed by atoms with E-state index in [9.17, 15) is 5.26 Å². The summed E-state index contributed by atoms with van der Waals surface area (Å²) in [6.45, 7) is 0. The SMILES string of the molecule is N#Cc1ccccc1-c1c(-c2cccc3oc4ccccc4c23)cccc1-c1cccc2oc3ccccc3c12. The summed E-state index contributed by atoms with van der Waals surface area (Å²) >= 11 is 0. The lowest BCUT2D eigenvalue weighted by molar-refractivity contribution is 0.668. The first-order chi connectivity index (χ1) is 19.8. The van der Waals surface area contributed by atoms with E-state index < -0.39 is 0 Å². The maximum absolute atomic E-state index is 10.2. The predicted molar refractivity (Wildman–Crippen MR) is 162 cm³/mol. The van der Waals surface area contributed by atoms with E-state index in [1.165, 1.54) is 0 Å². The van der Waals surface area contributed by atoms with E-state index >= 15 is 0 Å². The van der Waals surface area contributed by atoms with E-state index in [2.05, 4.69) is 48.5 Å². The number of fused-ring (bicyclic) bond motifs is 6. The fourth-order valence-electron chi connectivity index (χ4n) is 6.09. The summed E-state index contributed by atoms with van der Waals surface area (Å²) in [5.41, 5.74) is 10.1. The summed E-state index contributed by atoms with van der Waals surface area (Å²) < 4.78 is 12.5. The van der Waals surface area contributed by atoms with Crippen LogP contribution in [0.25, 0.3) is 77.3 Å². The highest BCUT2D eigenvalue weighted by Crippen LogP contribution is 2.47. The molecule has 0 spiro atoms. The van der Waals surface area contributed by atoms with Gasteiger partial charge in [-0.25, -0.2) is 0 Å². The van der Waals surface area contributed by atoms with Crippen molar-refractivity contribution in [3.63, 3.8) is 0 Å². The molecule has 3 nitrogen and oxygen atoms in total. The van der Waals surface area contributed by atoms with Gasteiger partial charge in [-0.15, -0.1) is 0 Å². The van der Waals surface area contributed by atoms with Gasteiger partial charge in [-0.1, -0.05) is 97.1 Å². The van der Waals surface area contributed by atoms with Gasteiger partial charge in [0, 0.05) is 27.1 Å². The van der Waals surface area contributed by atoms with E-state index in [0.29, 0.717) is 5.56 Å². The van der Waals surface area contributed by atoms with Crippen LogP contribution >= 0.6 is 0 Å². The molecule has 0 amide bonds. The highest BCUT2D eigenvalue weighted by Gasteiger charge is 2.22. The average Bonchev–Trinajstić information content (AvgIpc) is 3.59. The minimum atomic E-state index is 0.629. The third kappa shape index (κ3) is 3.24. The molecule has 2 heterocycles. The smallest absolute Gasteiger partial charge is 0.136 e. The molecular weight excluding hydrogens is 490 g/mol. The van der Waals surface area contributed by atoms with Crippen LogP contribution in [-0.4, -0.2) is 0 Å². The third-order valence-corrected chi connectivity index (χ3v) is 7.77. The zero-order chi connectivity index (χ0) is 26.6. The molecule has 186 valence electrons. The van der Waals surface area contributed by atoms with E-state index in [1.807, 2.05) is 84.9 Å². The molecule has 0 fully saturated rings. The molecule has 0 N–H and O–H groups in total. The van der Waals surface area contributed by atoms with Crippen LogP contribution in [0.4, 0.5) is 0 Å². The predicted octanol–water partition coefficient (Wildman–Crippen LogP) is 10.4. The van der Waals surface area contributed by atoms with Crippen LogP contribution in [-0.2, 0) is 0 Å². The maximum atomic E-state index is 10.2. The minimum Gasteiger partial charge on any atom is -0.456 e. The molecule has 0 unspecified atom stereocenters. The first-order valence-corrected chi connectivity index (χ1v) is 13.3. The lowest BCUT2D eigenvalue weighted by Gasteiger charge is -2.18. The van der Waals surface area contributed by atoms with Gasteiger partial charge in [0.2, 0.25) is 0 Å². The lowest BCUT2D eigenvalue weighted by atomic mass is 9.84. The third-order valence-electron chi connectivity index (χ3n) is 7.77. The molecule has 6 aromatic carbocycles. The second kappa shape index (κ2) is 8.73. The van der Waals surface area contributed by atoms with Crippen LogP contribution in [0.2, 0.25) is 0 Å². The van der Waals surface area contributed by atoms with Gasteiger partial charge < -0.3 is 8.83 Å². The van der Waals surface area contributed by atoms with Gasteiger partial charge in [0.25, 0.3) is 0 Å². The highest BCUT2D eigenvalue weighted by atomic mass is 16.3. The number of benzene rings is 6. The molecule has 0 saturated carbocycles. The lowest BCUT2D eigenvalue weighted by Crippen LogP contribution is -1.94. The number of para-hydroxylation sites is 2. The molecule has 0 aliphatic rings. The van der Waals surface area contributed by atoms with Crippen LogP contribution in [0.5, 0.6) is 0 Å². The highest BCUT2D eigenvalue weighted by molar-refractivity contribution is 6.17. The van der Waals surface area contributed by atoms with Crippen LogP contribution in [0.1, 0.15) is 5.56 Å². The minimum absolute atomic E-state index is 0.629. The van der Waals surface area contributed by atoms with Gasteiger partial charge in [-0.2, -0.15) is 5.26 Å². The van der Waals surface area contributed by atoms with Gasteiger partial charge >= 0.3 is 0 Å². The van der Waals surface area contributed by atoms with Crippen molar-refractivity contribution in [2.75, 3.05) is 0 Å². The number of furan rings is 2. The van der Waals surface area contributed by atoms with Crippen molar-refractivity contribution in [2.24, 2.45) is 0 Å². The Morgan fingerprint density at radius 2 is 0.825 bits per heavy atom. The quantitative estimate of drug-likeness (QED) is 0.237. The summed E-state index contributed by atoms with van der Waals surface area (Å²) in [5.74, 6) is 0. The molecule has 0 atom stereocenters. The molecule has 0 bridgehead atoms. The number of hydrogen-bond donors (Lipinski definition) is 0. The number of hydrogen-bond acceptors (Lipinski definition) is 3. The monoisotopic (exact) mass is 511 g/mol. The fraction of sp³-hybridized carbons (Fsp3) is 0. The summed E-state index contributed by atoms with van der Waals surface area (Å²) in [5, 5.41) is 14.5. The van der Waals surface area contributed by atoms with Crippen molar-refractivity contribution in [1.29, 1.82) is 5.26 Å². The van der Waals surface area contributed by atoms with Gasteiger partial charge in [-0.05, 0) is 58.1 Å². The van der Waals surface area contributed by atoms with Crippen LogP contribution in [0.15, 0.2) is 136 Å². The Bertz CT molecular complexity index is 2160. The molecule has 0 aliphatic heterocycles. The summed E-state index contributed by atoms with van der Waals surface area (Å²) in [4.78, 5) is 0. The maximum Gasteiger partial charge on any atom is 0.136 e. The largest absolute Gasteiger partial charge is 0.456 e. The topological polar surface area (TPSA) is 50.1 Å². The summed E-state index contributed by atoms with van der Waals surface area (Å²) in [7, 11) is 0. The number of rotatable bonds is 3. The number of nitriles is 1. The molecule has 8 rings (SSSR count). The van der Waals surface area contributed by atoms with Crippen molar-refractivity contribution >= 4 is 43.9 Å². The van der Waals surface area contributed by atoms with Crippen LogP contribution in [0, 0.1) is 11.3 Å². The van der Waals surface area contributed by atoms with Crippen molar-refractivity contribution in [2.45, 2.75) is 0 Å². The van der Waals surface area contributed by atoms with Gasteiger partial charge in [0.15, 0.2) is 0 Å². The van der Waals surface area contributed by atoms with Crippen LogP contribution < -0.4 is 0 Å². The standard InChI is InChI=1S/C37H21NO2/c38-22-23-10-1-2-11-24(23)35-25(27-16-8-20-33-36(27)29-12-3-5-18-31(29)39-33)14-7-15-26(35)28-17-9-21-34-37(28)30-13-4-6-19-32(30)40-34/h1-21H. The Balaban J connectivity index is 1.54. The van der Waals surface area contributed by atoms with Crippen molar-refractivity contribution in [1.82, 2.24) is 0 Å². The first kappa shape index (κ1) is 22.4. The van der Waals surface area contributed by atoms with E-state index in [0.717, 1.165) is 77.3 Å². The van der Waals surface area contributed by atoms with E-state index in [4.69, 9.17) is 8.83 Å². The molecular formula is C37H21NO2. The summed E-state index contributed by atoms with van der Waals surface area (Å²) in [6, 6.07) is 45.4. The zero-order valence-electron chi connectivity index (χ0n) is 21.4. The Labute approximate surface area is 230 Å². The first-order valence-electron chi connectivity index (χ1n) is 13.3. The van der Waals surface area contributed by atoms with E-state index in [1.54, 1.807) is 0 Å². The Kier molecular flexibility index (Phi) is 4.89. The second-order valence-corrected chi connectivity index (χ2v) is 9.94. The molecule has 3 heteroatoms. The van der Waals surface area contributed by atoms with Crippen molar-refractivity contribution in [3.05, 3.63) is 133 Å². The molecule has 2 aromatic heterocycles. The average molecular weight is 512 g/mol. The van der Waals surface area contributed by atoms with Crippen molar-refractivity contribution in [3.8, 4) is 39.4 Å². The van der Waals surface area contributed by atoms with Gasteiger partial charge in [0.05, 0.1) is 11.6 Å². The van der Waals surface area contributed by atoms with Crippen molar-refractivity contribution < 1.29 is 8.83 Å². The van der Waals surface area contributed by atoms with E-state index in [-0.39, 0.29) is 0 Å². The summed E-state index contributed by atoms with van der Waals surface area (Å²) in [6.07, 6.45) is 0. The zero-order valence-corrected chi connectivity index (χ0v) is 21.4. The Morgan fingerprint density at radius 1 is 0.400 bits per heavy atom. The molecule has 0 aliphatic carbocycles. The molecule has 0 radical (unpaired) electrons. The van der Waals surface area contributed by atoms with Crippen LogP contribution in [0.3, 0.4) is 0 Å². The molecule has 0 saturated heterocycles. The van der Waals surface area contributed by atoms with Gasteiger partial charge in [0.1, 0.15) is 22.3 Å². The number of nitrogens with zero attached hydrogens (tertiary/aromatic N) is 1. The Hall–Kier alpha value is -5.59. The molecule has 8 aromatic rings.